The minimum atomic E-state index is -0.315. The number of benzene rings is 2. The molecule has 0 aliphatic carbocycles. The zero-order valence-corrected chi connectivity index (χ0v) is 34.8. The van der Waals surface area contributed by atoms with E-state index in [2.05, 4.69) is 213 Å². The van der Waals surface area contributed by atoms with Crippen LogP contribution in [0.25, 0.3) is 34.2 Å². The Labute approximate surface area is 319 Å². The summed E-state index contributed by atoms with van der Waals surface area (Å²) >= 11 is 0. The lowest BCUT2D eigenvalue weighted by molar-refractivity contribution is -0.687. The Bertz CT molecular complexity index is 2060. The fourth-order valence-electron chi connectivity index (χ4n) is 8.69. The van der Waals surface area contributed by atoms with E-state index in [1.807, 2.05) is 0 Å². The van der Waals surface area contributed by atoms with Crippen molar-refractivity contribution >= 4 is 0 Å². The molecule has 4 heterocycles. The first-order valence-corrected chi connectivity index (χ1v) is 19.7. The van der Waals surface area contributed by atoms with Gasteiger partial charge in [0.05, 0.1) is 11.4 Å². The highest BCUT2D eigenvalue weighted by atomic mass is 15.1. The first-order valence-electron chi connectivity index (χ1n) is 19.7. The molecule has 6 rings (SSSR count). The largest absolute Gasteiger partial charge is 0.311 e. The summed E-state index contributed by atoms with van der Waals surface area (Å²) < 4.78 is 9.79. The van der Waals surface area contributed by atoms with E-state index in [0.717, 1.165) is 0 Å². The number of aromatic nitrogens is 4. The van der Waals surface area contributed by atoms with Crippen molar-refractivity contribution in [2.45, 2.75) is 112 Å². The smallest absolute Gasteiger partial charge is 0.229 e. The van der Waals surface area contributed by atoms with Crippen LogP contribution in [0.2, 0.25) is 0 Å². The van der Waals surface area contributed by atoms with Gasteiger partial charge >= 0.3 is 0 Å². The number of rotatable bonds is 10. The maximum Gasteiger partial charge on any atom is 0.229 e. The molecular weight excluding hydrogens is 645 g/mol. The van der Waals surface area contributed by atoms with E-state index < -0.39 is 0 Å². The third-order valence-electron chi connectivity index (χ3n) is 11.6. The second-order valence-corrected chi connectivity index (χ2v) is 17.0. The summed E-state index contributed by atoms with van der Waals surface area (Å²) in [6.45, 7) is 27.7. The van der Waals surface area contributed by atoms with Crippen molar-refractivity contribution in [1.29, 1.82) is 0 Å². The highest BCUT2D eigenvalue weighted by Gasteiger charge is 2.40. The average molecular weight is 707 g/mol. The molecule has 0 bridgehead atoms. The zero-order valence-electron chi connectivity index (χ0n) is 34.8. The van der Waals surface area contributed by atoms with Crippen LogP contribution < -0.4 is 9.13 Å². The second-order valence-electron chi connectivity index (χ2n) is 17.0. The van der Waals surface area contributed by atoms with Crippen molar-refractivity contribution in [3.05, 3.63) is 142 Å². The molecule has 0 saturated heterocycles. The lowest BCUT2D eigenvalue weighted by Crippen LogP contribution is -2.49. The van der Waals surface area contributed by atoms with Crippen LogP contribution in [0.1, 0.15) is 138 Å². The van der Waals surface area contributed by atoms with E-state index in [9.17, 15) is 0 Å². The molecule has 0 spiro atoms. The monoisotopic (exact) mass is 706 g/mol. The van der Waals surface area contributed by atoms with Gasteiger partial charge in [0.1, 0.15) is 30.9 Å². The summed E-state index contributed by atoms with van der Waals surface area (Å²) in [5.41, 5.74) is 17.8. The molecule has 53 heavy (non-hydrogen) atoms. The molecule has 0 fully saturated rings. The minimum Gasteiger partial charge on any atom is -0.311 e. The molecule has 0 amide bonds. The van der Waals surface area contributed by atoms with Crippen LogP contribution in [-0.2, 0) is 19.5 Å². The summed E-state index contributed by atoms with van der Waals surface area (Å²) in [6.07, 6.45) is 4.55. The van der Waals surface area contributed by atoms with Crippen molar-refractivity contribution in [3.63, 3.8) is 0 Å². The van der Waals surface area contributed by atoms with E-state index in [4.69, 9.17) is 0 Å². The standard InChI is InChI=1S/C49H62N4/c1-31(2)37-19-15-20-38(32(3)4)47(37)52-29-27-35(9)45(52)41-23-17-25-43(50(41)13)49(11,12)44-26-18-24-42(51(44)14)46-36(10)28-30-53(46)48-39(33(5)6)21-16-22-40(48)34(7)8/h15-34H,1-14H3/q+2. The Morgan fingerprint density at radius 2 is 0.755 bits per heavy atom. The molecular formula is C49H62N4+2. The van der Waals surface area contributed by atoms with Gasteiger partial charge in [-0.3, -0.25) is 0 Å². The van der Waals surface area contributed by atoms with Crippen molar-refractivity contribution < 1.29 is 9.13 Å². The van der Waals surface area contributed by atoms with Gasteiger partial charge in [-0.25, -0.2) is 0 Å². The van der Waals surface area contributed by atoms with Gasteiger partial charge in [0.15, 0.2) is 11.4 Å². The minimum absolute atomic E-state index is 0.315. The van der Waals surface area contributed by atoms with Gasteiger partial charge in [-0.1, -0.05) is 91.8 Å². The number of nitrogens with zero attached hydrogens (tertiary/aromatic N) is 4. The molecule has 4 heteroatoms. The first kappa shape index (κ1) is 38.0. The predicted molar refractivity (Wildman–Crippen MR) is 223 cm³/mol. The molecule has 0 N–H and O–H groups in total. The molecule has 2 aromatic carbocycles. The average Bonchev–Trinajstić information content (AvgIpc) is 3.68. The van der Waals surface area contributed by atoms with Gasteiger partial charge in [-0.15, -0.1) is 0 Å². The summed E-state index contributed by atoms with van der Waals surface area (Å²) in [5, 5.41) is 0. The molecule has 0 unspecified atom stereocenters. The predicted octanol–water partition coefficient (Wildman–Crippen LogP) is 11.7. The topological polar surface area (TPSA) is 17.6 Å². The summed E-state index contributed by atoms with van der Waals surface area (Å²) in [5.74, 6) is 1.63. The third kappa shape index (κ3) is 6.60. The van der Waals surface area contributed by atoms with Crippen LogP contribution >= 0.6 is 0 Å². The maximum atomic E-state index is 2.46. The fraction of sp³-hybridized carbons (Fsp3) is 0.388. The maximum absolute atomic E-state index is 2.46. The number of para-hydroxylation sites is 2. The Hall–Kier alpha value is -4.70. The molecule has 276 valence electrons. The van der Waals surface area contributed by atoms with Crippen LogP contribution in [0.15, 0.2) is 97.3 Å². The van der Waals surface area contributed by atoms with Crippen molar-refractivity contribution in [1.82, 2.24) is 9.13 Å². The van der Waals surface area contributed by atoms with E-state index in [-0.39, 0.29) is 5.41 Å². The lowest BCUT2D eigenvalue weighted by atomic mass is 9.83. The van der Waals surface area contributed by atoms with E-state index in [1.54, 1.807) is 0 Å². The highest BCUT2D eigenvalue weighted by Crippen LogP contribution is 2.38. The van der Waals surface area contributed by atoms with Crippen molar-refractivity contribution in [3.8, 4) is 34.2 Å². The van der Waals surface area contributed by atoms with Gasteiger partial charge in [-0.2, -0.15) is 9.13 Å². The van der Waals surface area contributed by atoms with Gasteiger partial charge in [0, 0.05) is 36.7 Å². The Balaban J connectivity index is 1.52. The van der Waals surface area contributed by atoms with Crippen LogP contribution in [0.3, 0.4) is 0 Å². The molecule has 0 aliphatic rings. The van der Waals surface area contributed by atoms with Gasteiger partial charge in [-0.05, 0) is 109 Å². The zero-order chi connectivity index (χ0) is 38.5. The first-order chi connectivity index (χ1) is 25.1. The Morgan fingerprint density at radius 3 is 1.06 bits per heavy atom. The third-order valence-corrected chi connectivity index (χ3v) is 11.6. The molecule has 0 aliphatic heterocycles. The summed E-state index contributed by atoms with van der Waals surface area (Å²) in [6, 6.07) is 31.9. The second kappa shape index (κ2) is 14.6. The lowest BCUT2D eigenvalue weighted by Gasteiger charge is -2.24. The SMILES string of the molecule is Cc1ccn(-c2c(C(C)C)cccc2C(C)C)c1-c1cccc(C(C)(C)c2cccc(-c3c(C)ccn3-c3c(C(C)C)cccc3C(C)C)[n+]2C)[n+]1C. The number of hydrogen-bond acceptors (Lipinski definition) is 0. The van der Waals surface area contributed by atoms with Gasteiger partial charge in [0.25, 0.3) is 0 Å². The van der Waals surface area contributed by atoms with E-state index in [1.165, 1.54) is 78.9 Å². The highest BCUT2D eigenvalue weighted by molar-refractivity contribution is 5.66. The van der Waals surface area contributed by atoms with E-state index >= 15 is 0 Å². The van der Waals surface area contributed by atoms with Crippen molar-refractivity contribution in [2.75, 3.05) is 0 Å². The Morgan fingerprint density at radius 1 is 0.453 bits per heavy atom. The number of pyridine rings is 2. The van der Waals surface area contributed by atoms with Crippen molar-refractivity contribution in [2.24, 2.45) is 14.1 Å². The van der Waals surface area contributed by atoms with Crippen LogP contribution in [0, 0.1) is 13.8 Å². The van der Waals surface area contributed by atoms with Crippen LogP contribution in [0.4, 0.5) is 0 Å². The van der Waals surface area contributed by atoms with Crippen LogP contribution in [-0.4, -0.2) is 9.13 Å². The fourth-order valence-corrected chi connectivity index (χ4v) is 8.69. The Kier molecular flexibility index (Phi) is 10.5. The summed E-state index contributed by atoms with van der Waals surface area (Å²) in [7, 11) is 4.49. The molecule has 4 nitrogen and oxygen atoms in total. The number of hydrogen-bond donors (Lipinski definition) is 0. The van der Waals surface area contributed by atoms with Gasteiger partial charge < -0.3 is 9.13 Å². The molecule has 0 atom stereocenters. The molecule has 6 aromatic rings. The number of aryl methyl sites for hydroxylation is 2. The molecule has 4 aromatic heterocycles. The molecule has 0 radical (unpaired) electrons. The van der Waals surface area contributed by atoms with E-state index in [0.29, 0.717) is 23.7 Å². The quantitative estimate of drug-likeness (QED) is 0.126. The summed E-state index contributed by atoms with van der Waals surface area (Å²) in [4.78, 5) is 0. The van der Waals surface area contributed by atoms with Gasteiger partial charge in [0.2, 0.25) is 11.4 Å². The normalized spacial score (nSPS) is 12.3. The van der Waals surface area contributed by atoms with Crippen LogP contribution in [0.5, 0.6) is 0 Å². The molecule has 0 saturated carbocycles.